The monoisotopic (exact) mass is 284 g/mol. The summed E-state index contributed by atoms with van der Waals surface area (Å²) in [7, 11) is 0. The molecular formula is C11H16N4O5. The average Bonchev–Trinajstić information content (AvgIpc) is 2.92. The zero-order valence-corrected chi connectivity index (χ0v) is 10.6. The van der Waals surface area contributed by atoms with Gasteiger partial charge in [0.2, 0.25) is 12.0 Å². The number of nitrogens with zero attached hydrogens (tertiary/aromatic N) is 3. The molecule has 3 rings (SSSR count). The molecular weight excluding hydrogens is 268 g/mol. The molecule has 20 heavy (non-hydrogen) atoms. The number of hydrogen-bond acceptors (Lipinski definition) is 8. The lowest BCUT2D eigenvalue weighted by Gasteiger charge is -2.42. The van der Waals surface area contributed by atoms with E-state index in [-0.39, 0.29) is 18.2 Å². The number of nitrogen functional groups attached to an aromatic ring is 1. The first-order chi connectivity index (χ1) is 9.49. The zero-order valence-electron chi connectivity index (χ0n) is 10.6. The first kappa shape index (κ1) is 13.6. The average molecular weight is 284 g/mol. The molecule has 1 saturated heterocycles. The van der Waals surface area contributed by atoms with E-state index in [1.54, 1.807) is 0 Å². The minimum atomic E-state index is -1.40. The number of nitrogens with two attached hydrogens (primary N) is 1. The van der Waals surface area contributed by atoms with Gasteiger partial charge in [0.1, 0.15) is 24.4 Å². The molecule has 2 aliphatic heterocycles. The van der Waals surface area contributed by atoms with Gasteiger partial charge in [0.15, 0.2) is 6.10 Å². The minimum absolute atomic E-state index is 0.0881. The van der Waals surface area contributed by atoms with Gasteiger partial charge in [-0.1, -0.05) is 0 Å². The number of hydroxylamine groups is 2. The minimum Gasteiger partial charge on any atom is -0.624 e. The second-order valence-corrected chi connectivity index (χ2v) is 5.06. The summed E-state index contributed by atoms with van der Waals surface area (Å²) in [5.41, 5.74) is 6.26. The number of rotatable bonds is 2. The maximum Gasteiger partial charge on any atom is 0.238 e. The third-order valence-corrected chi connectivity index (χ3v) is 3.94. The molecule has 3 heterocycles. The van der Waals surface area contributed by atoms with Crippen LogP contribution in [0.2, 0.25) is 0 Å². The Hall–Kier alpha value is -1.36. The molecule has 0 spiro atoms. The van der Waals surface area contributed by atoms with Crippen LogP contribution in [0.25, 0.3) is 0 Å². The molecule has 0 amide bonds. The molecule has 5 atom stereocenters. The lowest BCUT2D eigenvalue weighted by Crippen LogP contribution is -2.56. The quantitative estimate of drug-likeness (QED) is 0.355. The first-order valence-electron chi connectivity index (χ1n) is 6.30. The molecule has 1 aromatic heterocycles. The van der Waals surface area contributed by atoms with Crippen LogP contribution in [-0.4, -0.2) is 63.0 Å². The number of quaternary nitrogens is 1. The number of hydrogen-bond donors (Lipinski definition) is 4. The fourth-order valence-electron chi connectivity index (χ4n) is 2.84. The standard InChI is InChI=1S/C11H16N4O5/c12-9-5-1-2-15(19,10(5)14-4-13-9)11-8(18)7(17)6(3-16)20-11/h4,6-8,11,16-18H,1-3H2,(H2,12,13,14)/t6-,7-,8-,11-,15?/m1/s1. The number of ether oxygens (including phenoxy) is 1. The molecule has 0 radical (unpaired) electrons. The number of aromatic nitrogens is 2. The van der Waals surface area contributed by atoms with Gasteiger partial charge < -0.3 is 31.0 Å². The van der Waals surface area contributed by atoms with E-state index < -0.39 is 35.8 Å². The van der Waals surface area contributed by atoms with Crippen molar-refractivity contribution in [2.75, 3.05) is 18.9 Å². The molecule has 5 N–H and O–H groups in total. The first-order valence-corrected chi connectivity index (χ1v) is 6.30. The van der Waals surface area contributed by atoms with Crippen molar-refractivity contribution in [3.63, 3.8) is 0 Å². The van der Waals surface area contributed by atoms with E-state index in [2.05, 4.69) is 9.97 Å². The highest BCUT2D eigenvalue weighted by Crippen LogP contribution is 2.40. The van der Waals surface area contributed by atoms with Gasteiger partial charge in [-0.3, -0.25) is 4.65 Å². The highest BCUT2D eigenvalue weighted by molar-refractivity contribution is 5.59. The molecule has 2 aliphatic rings. The van der Waals surface area contributed by atoms with Crippen molar-refractivity contribution < 1.29 is 20.1 Å². The molecule has 0 bridgehead atoms. The summed E-state index contributed by atoms with van der Waals surface area (Å²) in [4.78, 5) is 7.79. The summed E-state index contributed by atoms with van der Waals surface area (Å²) < 4.78 is 4.30. The van der Waals surface area contributed by atoms with Crippen molar-refractivity contribution in [3.05, 3.63) is 17.1 Å². The lowest BCUT2D eigenvalue weighted by atomic mass is 10.1. The van der Waals surface area contributed by atoms with E-state index in [1.807, 2.05) is 0 Å². The molecule has 0 aromatic carbocycles. The molecule has 1 unspecified atom stereocenters. The third kappa shape index (κ3) is 1.72. The highest BCUT2D eigenvalue weighted by atomic mass is 16.7. The lowest BCUT2D eigenvalue weighted by molar-refractivity contribution is -0.0742. The van der Waals surface area contributed by atoms with E-state index in [4.69, 9.17) is 15.6 Å². The van der Waals surface area contributed by atoms with Crippen LogP contribution in [0.1, 0.15) is 5.56 Å². The second-order valence-electron chi connectivity index (χ2n) is 5.06. The van der Waals surface area contributed by atoms with E-state index in [9.17, 15) is 15.4 Å². The van der Waals surface area contributed by atoms with Gasteiger partial charge in [-0.05, 0) is 0 Å². The van der Waals surface area contributed by atoms with Gasteiger partial charge in [0.05, 0.1) is 18.7 Å². The predicted molar refractivity (Wildman–Crippen MR) is 67.9 cm³/mol. The van der Waals surface area contributed by atoms with Crippen LogP contribution in [-0.2, 0) is 11.2 Å². The molecule has 9 heteroatoms. The van der Waals surface area contributed by atoms with Crippen molar-refractivity contribution in [1.82, 2.24) is 14.6 Å². The molecule has 0 aliphatic carbocycles. The van der Waals surface area contributed by atoms with E-state index >= 15 is 0 Å². The second kappa shape index (κ2) is 4.58. The SMILES string of the molecule is Nc1ncnc2c1CC[N+]2([O-])[C@@H]1O[C@H](CO)[C@@H](O)[C@H]1O. The normalized spacial score (nSPS) is 40.0. The topological polar surface area (TPSA) is 145 Å². The van der Waals surface area contributed by atoms with E-state index in [0.717, 1.165) is 0 Å². The number of aliphatic hydroxyl groups excluding tert-OH is 3. The molecule has 110 valence electrons. The number of aliphatic hydroxyl groups is 3. The van der Waals surface area contributed by atoms with Crippen LogP contribution >= 0.6 is 0 Å². The van der Waals surface area contributed by atoms with Crippen molar-refractivity contribution in [2.45, 2.75) is 31.0 Å². The van der Waals surface area contributed by atoms with Gasteiger partial charge in [-0.25, -0.2) is 4.98 Å². The Morgan fingerprint density at radius 1 is 1.40 bits per heavy atom. The van der Waals surface area contributed by atoms with Gasteiger partial charge in [-0.2, -0.15) is 4.98 Å². The van der Waals surface area contributed by atoms with Gasteiger partial charge >= 0.3 is 0 Å². The van der Waals surface area contributed by atoms with Crippen LogP contribution < -0.4 is 10.4 Å². The Morgan fingerprint density at radius 3 is 2.80 bits per heavy atom. The Morgan fingerprint density at radius 2 is 2.15 bits per heavy atom. The Labute approximate surface area is 114 Å². The summed E-state index contributed by atoms with van der Waals surface area (Å²) in [5, 5.41) is 41.9. The number of anilines is 1. The highest BCUT2D eigenvalue weighted by Gasteiger charge is 2.54. The van der Waals surface area contributed by atoms with Crippen LogP contribution in [0, 0.1) is 5.21 Å². The molecule has 0 saturated carbocycles. The molecule has 9 nitrogen and oxygen atoms in total. The summed E-state index contributed by atoms with van der Waals surface area (Å²) >= 11 is 0. The fourth-order valence-corrected chi connectivity index (χ4v) is 2.84. The van der Waals surface area contributed by atoms with E-state index in [1.165, 1.54) is 6.33 Å². The Kier molecular flexibility index (Phi) is 3.12. The van der Waals surface area contributed by atoms with Gasteiger partial charge in [-0.15, -0.1) is 0 Å². The smallest absolute Gasteiger partial charge is 0.238 e. The van der Waals surface area contributed by atoms with Crippen molar-refractivity contribution >= 4 is 11.6 Å². The van der Waals surface area contributed by atoms with Crippen molar-refractivity contribution in [2.24, 2.45) is 0 Å². The maximum absolute atomic E-state index is 13.0. The molecule has 1 fully saturated rings. The predicted octanol–water partition coefficient (Wildman–Crippen LogP) is -2.14. The zero-order chi connectivity index (χ0) is 14.5. The summed E-state index contributed by atoms with van der Waals surface area (Å²) in [6.45, 7) is -0.391. The largest absolute Gasteiger partial charge is 0.624 e. The van der Waals surface area contributed by atoms with Crippen LogP contribution in [0.15, 0.2) is 6.33 Å². The van der Waals surface area contributed by atoms with Crippen molar-refractivity contribution in [1.29, 1.82) is 0 Å². The summed E-state index contributed by atoms with van der Waals surface area (Å²) in [6.07, 6.45) is -3.37. The summed E-state index contributed by atoms with van der Waals surface area (Å²) in [5.74, 6) is 0.380. The summed E-state index contributed by atoms with van der Waals surface area (Å²) in [6, 6.07) is 0. The Bertz CT molecular complexity index is 530. The Balaban J connectivity index is 1.98. The molecule has 1 aromatic rings. The fraction of sp³-hybridized carbons (Fsp3) is 0.636. The maximum atomic E-state index is 13.0. The van der Waals surface area contributed by atoms with Crippen molar-refractivity contribution in [3.8, 4) is 0 Å². The van der Waals surface area contributed by atoms with Crippen LogP contribution in [0.3, 0.4) is 0 Å². The van der Waals surface area contributed by atoms with E-state index in [0.29, 0.717) is 12.0 Å². The van der Waals surface area contributed by atoms with Gasteiger partial charge in [0.25, 0.3) is 0 Å². The van der Waals surface area contributed by atoms with Crippen LogP contribution in [0.4, 0.5) is 11.6 Å². The van der Waals surface area contributed by atoms with Gasteiger partial charge in [0, 0.05) is 6.42 Å². The van der Waals surface area contributed by atoms with Crippen LogP contribution in [0.5, 0.6) is 0 Å². The third-order valence-electron chi connectivity index (χ3n) is 3.94. The number of fused-ring (bicyclic) bond motifs is 1.